The van der Waals surface area contributed by atoms with Gasteiger partial charge in [-0.15, -0.1) is 33.3 Å². The Kier molecular flexibility index (Phi) is 7.00. The maximum Gasteiger partial charge on any atom is 0.235 e. The lowest BCUT2D eigenvalue weighted by Gasteiger charge is -2.10. The van der Waals surface area contributed by atoms with E-state index in [0.717, 1.165) is 41.2 Å². The van der Waals surface area contributed by atoms with Gasteiger partial charge in [0.25, 0.3) is 0 Å². The van der Waals surface area contributed by atoms with Crippen molar-refractivity contribution in [3.63, 3.8) is 0 Å². The largest absolute Gasteiger partial charge is 0.316 e. The zero-order chi connectivity index (χ0) is 23.3. The van der Waals surface area contributed by atoms with E-state index in [1.165, 1.54) is 28.0 Å². The first-order chi connectivity index (χ1) is 16.7. The molecule has 0 unspecified atom stereocenters. The molecule has 0 spiro atoms. The van der Waals surface area contributed by atoms with Crippen LogP contribution in [0.5, 0.6) is 0 Å². The van der Waals surface area contributed by atoms with Crippen molar-refractivity contribution in [1.82, 2.24) is 14.8 Å². The van der Waals surface area contributed by atoms with E-state index in [9.17, 15) is 10.1 Å². The van der Waals surface area contributed by atoms with Crippen molar-refractivity contribution < 1.29 is 4.79 Å². The van der Waals surface area contributed by atoms with Gasteiger partial charge in [-0.3, -0.25) is 9.36 Å². The predicted molar refractivity (Wildman–Crippen MR) is 138 cm³/mol. The van der Waals surface area contributed by atoms with Gasteiger partial charge in [-0.1, -0.05) is 48.2 Å². The highest BCUT2D eigenvalue weighted by molar-refractivity contribution is 7.99. The van der Waals surface area contributed by atoms with Crippen LogP contribution in [0.25, 0.3) is 5.69 Å². The molecular weight excluding hydrogens is 483 g/mol. The minimum absolute atomic E-state index is 0.149. The topological polar surface area (TPSA) is 83.6 Å². The van der Waals surface area contributed by atoms with Gasteiger partial charge < -0.3 is 5.32 Å². The molecule has 2 heterocycles. The number of thiophene rings is 1. The second-order valence-corrected chi connectivity index (χ2v) is 10.8. The van der Waals surface area contributed by atoms with Crippen molar-refractivity contribution in [3.05, 3.63) is 82.5 Å². The third-order valence-corrected chi connectivity index (χ3v) is 8.59. The summed E-state index contributed by atoms with van der Waals surface area (Å²) in [6.45, 7) is 0. The van der Waals surface area contributed by atoms with Crippen LogP contribution in [-0.2, 0) is 23.4 Å². The number of anilines is 1. The van der Waals surface area contributed by atoms with Gasteiger partial charge in [-0.2, -0.15) is 5.26 Å². The summed E-state index contributed by atoms with van der Waals surface area (Å²) in [4.78, 5) is 15.1. The monoisotopic (exact) mass is 503 g/mol. The van der Waals surface area contributed by atoms with E-state index >= 15 is 0 Å². The molecule has 0 saturated heterocycles. The van der Waals surface area contributed by atoms with Crippen molar-refractivity contribution in [3.8, 4) is 11.8 Å². The van der Waals surface area contributed by atoms with Gasteiger partial charge in [0.05, 0.1) is 17.1 Å². The third kappa shape index (κ3) is 4.89. The SMILES string of the molecule is N#Cc1c(NC(=O)CSc2nnc(CSc3ccccc3)n2-c2ccccc2)sc2c1CCC2. The van der Waals surface area contributed by atoms with Crippen molar-refractivity contribution in [2.75, 3.05) is 11.1 Å². The summed E-state index contributed by atoms with van der Waals surface area (Å²) in [5.41, 5.74) is 2.70. The molecule has 2 aromatic heterocycles. The number of aryl methyl sites for hydroxylation is 1. The van der Waals surface area contributed by atoms with Gasteiger partial charge in [-0.25, -0.2) is 0 Å². The summed E-state index contributed by atoms with van der Waals surface area (Å²) in [7, 11) is 0. The lowest BCUT2D eigenvalue weighted by atomic mass is 10.1. The van der Waals surface area contributed by atoms with E-state index in [-0.39, 0.29) is 11.7 Å². The Hall–Kier alpha value is -3.06. The smallest absolute Gasteiger partial charge is 0.235 e. The molecule has 34 heavy (non-hydrogen) atoms. The van der Waals surface area contributed by atoms with Crippen LogP contribution in [0.15, 0.2) is 70.7 Å². The number of rotatable bonds is 8. The molecule has 1 aliphatic rings. The Balaban J connectivity index is 1.31. The van der Waals surface area contributed by atoms with Crippen LogP contribution in [0.1, 0.15) is 28.2 Å². The van der Waals surface area contributed by atoms with Gasteiger partial charge in [0.2, 0.25) is 5.91 Å². The fourth-order valence-corrected chi connectivity index (χ4v) is 6.75. The number of nitrogens with zero attached hydrogens (tertiary/aromatic N) is 4. The van der Waals surface area contributed by atoms with Crippen LogP contribution in [-0.4, -0.2) is 26.4 Å². The number of hydrogen-bond acceptors (Lipinski definition) is 7. The van der Waals surface area contributed by atoms with Crippen LogP contribution in [0, 0.1) is 11.3 Å². The molecule has 0 saturated carbocycles. The highest BCUT2D eigenvalue weighted by Gasteiger charge is 2.23. The van der Waals surface area contributed by atoms with Gasteiger partial charge in [0.15, 0.2) is 5.16 Å². The highest BCUT2D eigenvalue weighted by atomic mass is 32.2. The molecule has 0 bridgehead atoms. The lowest BCUT2D eigenvalue weighted by molar-refractivity contribution is -0.113. The lowest BCUT2D eigenvalue weighted by Crippen LogP contribution is -2.14. The van der Waals surface area contributed by atoms with Gasteiger partial charge in [-0.05, 0) is 49.1 Å². The maximum atomic E-state index is 12.7. The van der Waals surface area contributed by atoms with E-state index in [1.807, 2.05) is 53.1 Å². The molecule has 0 radical (unpaired) electrons. The number of aromatic nitrogens is 3. The normalized spacial score (nSPS) is 12.3. The molecule has 0 aliphatic heterocycles. The van der Waals surface area contributed by atoms with E-state index in [4.69, 9.17) is 0 Å². The van der Waals surface area contributed by atoms with E-state index in [1.54, 1.807) is 11.8 Å². The summed E-state index contributed by atoms with van der Waals surface area (Å²) < 4.78 is 2.01. The van der Waals surface area contributed by atoms with E-state index in [0.29, 0.717) is 21.5 Å². The molecule has 5 rings (SSSR count). The van der Waals surface area contributed by atoms with Crippen LogP contribution < -0.4 is 5.32 Å². The Morgan fingerprint density at radius 1 is 1.06 bits per heavy atom. The molecule has 2 aromatic carbocycles. The first-order valence-corrected chi connectivity index (χ1v) is 13.7. The zero-order valence-corrected chi connectivity index (χ0v) is 20.7. The van der Waals surface area contributed by atoms with Gasteiger partial charge in [0.1, 0.15) is 16.9 Å². The second kappa shape index (κ2) is 10.5. The third-order valence-electron chi connectivity index (χ3n) is 5.44. The number of nitrogens with one attached hydrogen (secondary N) is 1. The molecule has 1 amide bonds. The molecule has 1 aliphatic carbocycles. The van der Waals surface area contributed by atoms with E-state index < -0.39 is 0 Å². The van der Waals surface area contributed by atoms with Crippen LogP contribution >= 0.6 is 34.9 Å². The summed E-state index contributed by atoms with van der Waals surface area (Å²) in [5.74, 6) is 1.52. The summed E-state index contributed by atoms with van der Waals surface area (Å²) in [6.07, 6.45) is 2.99. The number of amides is 1. The predicted octanol–water partition coefficient (Wildman–Crippen LogP) is 5.71. The summed E-state index contributed by atoms with van der Waals surface area (Å²) in [5, 5.41) is 22.7. The van der Waals surface area contributed by atoms with E-state index in [2.05, 4.69) is 33.7 Å². The molecule has 6 nitrogen and oxygen atoms in total. The number of hydrogen-bond donors (Lipinski definition) is 1. The van der Waals surface area contributed by atoms with Crippen LogP contribution in [0.3, 0.4) is 0 Å². The summed E-state index contributed by atoms with van der Waals surface area (Å²) in [6, 6.07) is 22.4. The maximum absolute atomic E-state index is 12.7. The van der Waals surface area contributed by atoms with Crippen molar-refractivity contribution in [1.29, 1.82) is 5.26 Å². The quantitative estimate of drug-likeness (QED) is 0.310. The number of carbonyl (C=O) groups excluding carboxylic acids is 1. The van der Waals surface area contributed by atoms with Crippen molar-refractivity contribution in [2.24, 2.45) is 0 Å². The van der Waals surface area contributed by atoms with Gasteiger partial charge >= 0.3 is 0 Å². The van der Waals surface area contributed by atoms with Crippen LogP contribution in [0.2, 0.25) is 0 Å². The fourth-order valence-electron chi connectivity index (χ4n) is 3.89. The number of thioether (sulfide) groups is 2. The minimum atomic E-state index is -0.149. The Morgan fingerprint density at radius 3 is 2.59 bits per heavy atom. The Morgan fingerprint density at radius 2 is 1.82 bits per heavy atom. The first-order valence-electron chi connectivity index (χ1n) is 10.9. The number of benzene rings is 2. The Bertz CT molecular complexity index is 1340. The fraction of sp³-hybridized carbons (Fsp3) is 0.200. The van der Waals surface area contributed by atoms with Gasteiger partial charge in [0, 0.05) is 15.5 Å². The number of para-hydroxylation sites is 1. The Labute approximate surface area is 210 Å². The molecule has 0 fully saturated rings. The van der Waals surface area contributed by atoms with Crippen molar-refractivity contribution >= 4 is 45.8 Å². The number of fused-ring (bicyclic) bond motifs is 1. The molecule has 4 aromatic rings. The molecule has 0 atom stereocenters. The standard InChI is InChI=1S/C25H21N5OS3/c26-14-20-19-12-7-13-21(19)34-24(20)27-23(31)16-33-25-29-28-22(15-32-18-10-5-2-6-11-18)30(25)17-8-3-1-4-9-17/h1-6,8-11H,7,12-13,15-16H2,(H,27,31). The second-order valence-electron chi connectivity index (χ2n) is 7.68. The highest BCUT2D eigenvalue weighted by Crippen LogP contribution is 2.38. The average molecular weight is 504 g/mol. The molecule has 170 valence electrons. The molecular formula is C25H21N5OS3. The van der Waals surface area contributed by atoms with Crippen molar-refractivity contribution in [2.45, 2.75) is 35.1 Å². The summed E-state index contributed by atoms with van der Waals surface area (Å²) >= 11 is 4.57. The minimum Gasteiger partial charge on any atom is -0.316 e. The number of nitriles is 1. The zero-order valence-electron chi connectivity index (χ0n) is 18.2. The van der Waals surface area contributed by atoms with Crippen LogP contribution in [0.4, 0.5) is 5.00 Å². The number of carbonyl (C=O) groups is 1. The first kappa shape index (κ1) is 22.7. The molecule has 1 N–H and O–H groups in total. The average Bonchev–Trinajstić information content (AvgIpc) is 3.57. The molecule has 9 heteroatoms.